The molecular formula is C32H32N2O4. The SMILES string of the molecule is COC(=O)[C@H]1C[C@H](N(C)c2cccc(-c3ccc(OCc4ccccc4)nc3OCc3ccccc3)c2)C1. The van der Waals surface area contributed by atoms with Crippen molar-refractivity contribution in [2.45, 2.75) is 32.1 Å². The minimum Gasteiger partial charge on any atom is -0.473 e. The van der Waals surface area contributed by atoms with Crippen molar-refractivity contribution in [3.8, 4) is 22.9 Å². The first-order chi connectivity index (χ1) is 18.6. The maximum atomic E-state index is 11.8. The van der Waals surface area contributed by atoms with E-state index in [0.29, 0.717) is 31.0 Å². The Balaban J connectivity index is 1.37. The highest BCUT2D eigenvalue weighted by Crippen LogP contribution is 2.37. The minimum atomic E-state index is -0.121. The molecule has 0 unspecified atom stereocenters. The van der Waals surface area contributed by atoms with Crippen LogP contribution >= 0.6 is 0 Å². The Morgan fingerprint density at radius 2 is 1.50 bits per heavy atom. The summed E-state index contributed by atoms with van der Waals surface area (Å²) in [5.74, 6) is 0.899. The average Bonchev–Trinajstić information content (AvgIpc) is 2.95. The molecule has 3 aromatic carbocycles. The summed E-state index contributed by atoms with van der Waals surface area (Å²) in [4.78, 5) is 18.8. The number of anilines is 1. The van der Waals surface area contributed by atoms with E-state index in [4.69, 9.17) is 19.2 Å². The number of hydrogen-bond donors (Lipinski definition) is 0. The number of nitrogens with zero attached hydrogens (tertiary/aromatic N) is 2. The van der Waals surface area contributed by atoms with E-state index in [1.807, 2.05) is 78.9 Å². The summed E-state index contributed by atoms with van der Waals surface area (Å²) in [5, 5.41) is 0. The molecule has 6 nitrogen and oxygen atoms in total. The van der Waals surface area contributed by atoms with Gasteiger partial charge in [0.05, 0.1) is 13.0 Å². The van der Waals surface area contributed by atoms with Crippen LogP contribution in [0.2, 0.25) is 0 Å². The number of aromatic nitrogens is 1. The standard InChI is InChI=1S/C32H32N2O4/c1-34(28-19-26(20-28)32(35)36-2)27-15-9-14-25(18-27)29-16-17-30(37-21-23-10-5-3-6-11-23)33-31(29)38-22-24-12-7-4-8-13-24/h3-18,26,28H,19-22H2,1-2H3/t26-,28-. The van der Waals surface area contributed by atoms with Crippen LogP contribution in [-0.4, -0.2) is 31.2 Å². The number of hydrogen-bond acceptors (Lipinski definition) is 6. The fourth-order valence-corrected chi connectivity index (χ4v) is 4.66. The third-order valence-electron chi connectivity index (χ3n) is 7.04. The van der Waals surface area contributed by atoms with Gasteiger partial charge in [0.25, 0.3) is 0 Å². The van der Waals surface area contributed by atoms with Gasteiger partial charge in [-0.2, -0.15) is 4.98 Å². The summed E-state index contributed by atoms with van der Waals surface area (Å²) in [7, 11) is 3.52. The van der Waals surface area contributed by atoms with Crippen LogP contribution in [-0.2, 0) is 22.7 Å². The number of ether oxygens (including phenoxy) is 3. The van der Waals surface area contributed by atoms with E-state index in [0.717, 1.165) is 40.8 Å². The lowest BCUT2D eigenvalue weighted by Crippen LogP contribution is -2.45. The van der Waals surface area contributed by atoms with Crippen molar-refractivity contribution in [1.29, 1.82) is 0 Å². The predicted molar refractivity (Wildman–Crippen MR) is 148 cm³/mol. The summed E-state index contributed by atoms with van der Waals surface area (Å²) in [5.41, 5.74) is 5.11. The van der Waals surface area contributed by atoms with Crippen molar-refractivity contribution in [3.05, 3.63) is 108 Å². The second-order valence-electron chi connectivity index (χ2n) is 9.56. The molecule has 194 valence electrons. The largest absolute Gasteiger partial charge is 0.473 e. The molecule has 1 aliphatic rings. The topological polar surface area (TPSA) is 60.9 Å². The molecular weight excluding hydrogens is 476 g/mol. The summed E-state index contributed by atoms with van der Waals surface area (Å²) < 4.78 is 17.1. The van der Waals surface area contributed by atoms with Crippen molar-refractivity contribution in [2.75, 3.05) is 19.1 Å². The zero-order chi connectivity index (χ0) is 26.3. The number of esters is 1. The van der Waals surface area contributed by atoms with E-state index in [1.165, 1.54) is 7.11 Å². The van der Waals surface area contributed by atoms with Crippen molar-refractivity contribution in [1.82, 2.24) is 4.98 Å². The fraction of sp³-hybridized carbons (Fsp3) is 0.250. The van der Waals surface area contributed by atoms with Gasteiger partial charge >= 0.3 is 5.97 Å². The molecule has 0 aliphatic heterocycles. The molecule has 1 fully saturated rings. The Labute approximate surface area is 223 Å². The molecule has 0 N–H and O–H groups in total. The van der Waals surface area contributed by atoms with Crippen LogP contribution in [0.25, 0.3) is 11.1 Å². The van der Waals surface area contributed by atoms with Crippen molar-refractivity contribution in [3.63, 3.8) is 0 Å². The Morgan fingerprint density at radius 1 is 0.842 bits per heavy atom. The zero-order valence-electron chi connectivity index (χ0n) is 21.7. The number of methoxy groups -OCH3 is 1. The van der Waals surface area contributed by atoms with E-state index in [9.17, 15) is 4.79 Å². The van der Waals surface area contributed by atoms with Crippen LogP contribution in [0.5, 0.6) is 11.8 Å². The molecule has 0 radical (unpaired) electrons. The van der Waals surface area contributed by atoms with Crippen molar-refractivity contribution >= 4 is 11.7 Å². The molecule has 1 aromatic heterocycles. The number of pyridine rings is 1. The van der Waals surface area contributed by atoms with Gasteiger partial charge in [0.2, 0.25) is 11.8 Å². The Bertz CT molecular complexity index is 1350. The molecule has 0 saturated heterocycles. The van der Waals surface area contributed by atoms with E-state index in [1.54, 1.807) is 0 Å². The van der Waals surface area contributed by atoms with Gasteiger partial charge in [-0.1, -0.05) is 72.8 Å². The second kappa shape index (κ2) is 11.8. The first-order valence-electron chi connectivity index (χ1n) is 12.9. The Morgan fingerprint density at radius 3 is 2.16 bits per heavy atom. The van der Waals surface area contributed by atoms with E-state index in [-0.39, 0.29) is 11.9 Å². The second-order valence-corrected chi connectivity index (χ2v) is 9.56. The fourth-order valence-electron chi connectivity index (χ4n) is 4.66. The summed E-state index contributed by atoms with van der Waals surface area (Å²) in [6.07, 6.45) is 1.60. The third kappa shape index (κ3) is 5.97. The monoisotopic (exact) mass is 508 g/mol. The lowest BCUT2D eigenvalue weighted by molar-refractivity contribution is -0.148. The highest BCUT2D eigenvalue weighted by atomic mass is 16.5. The lowest BCUT2D eigenvalue weighted by Gasteiger charge is -2.41. The molecule has 1 aliphatic carbocycles. The molecule has 1 saturated carbocycles. The number of rotatable bonds is 10. The molecule has 0 atom stereocenters. The smallest absolute Gasteiger partial charge is 0.308 e. The van der Waals surface area contributed by atoms with Crippen LogP contribution in [0.4, 0.5) is 5.69 Å². The third-order valence-corrected chi connectivity index (χ3v) is 7.04. The van der Waals surface area contributed by atoms with Crippen LogP contribution in [0.3, 0.4) is 0 Å². The Hall–Kier alpha value is -4.32. The molecule has 0 amide bonds. The van der Waals surface area contributed by atoms with Gasteiger partial charge in [0, 0.05) is 30.4 Å². The van der Waals surface area contributed by atoms with Crippen LogP contribution < -0.4 is 14.4 Å². The minimum absolute atomic E-state index is 0.0127. The number of carbonyl (C=O) groups excluding carboxylic acids is 1. The van der Waals surface area contributed by atoms with Gasteiger partial charge in [0.15, 0.2) is 0 Å². The van der Waals surface area contributed by atoms with Crippen molar-refractivity contribution < 1.29 is 19.0 Å². The highest BCUT2D eigenvalue weighted by Gasteiger charge is 2.37. The summed E-state index contributed by atoms with van der Waals surface area (Å²) in [6, 6.07) is 32.6. The van der Waals surface area contributed by atoms with E-state index in [2.05, 4.69) is 30.1 Å². The van der Waals surface area contributed by atoms with Gasteiger partial charge in [-0.25, -0.2) is 0 Å². The van der Waals surface area contributed by atoms with Gasteiger partial charge in [0.1, 0.15) is 13.2 Å². The number of benzene rings is 3. The number of carbonyl (C=O) groups is 1. The molecule has 0 spiro atoms. The molecule has 4 aromatic rings. The summed E-state index contributed by atoms with van der Waals surface area (Å²) >= 11 is 0. The predicted octanol–water partition coefficient (Wildman–Crippen LogP) is 6.29. The quantitative estimate of drug-likeness (QED) is 0.235. The molecule has 1 heterocycles. The highest BCUT2D eigenvalue weighted by molar-refractivity contribution is 5.75. The molecule has 38 heavy (non-hydrogen) atoms. The first-order valence-corrected chi connectivity index (χ1v) is 12.9. The van der Waals surface area contributed by atoms with E-state index >= 15 is 0 Å². The molecule has 0 bridgehead atoms. The normalized spacial score (nSPS) is 16.3. The van der Waals surface area contributed by atoms with Crippen LogP contribution in [0, 0.1) is 5.92 Å². The van der Waals surface area contributed by atoms with E-state index < -0.39 is 0 Å². The van der Waals surface area contributed by atoms with Crippen LogP contribution in [0.1, 0.15) is 24.0 Å². The van der Waals surface area contributed by atoms with Gasteiger partial charge < -0.3 is 19.1 Å². The van der Waals surface area contributed by atoms with Gasteiger partial charge in [-0.3, -0.25) is 4.79 Å². The van der Waals surface area contributed by atoms with Crippen molar-refractivity contribution in [2.24, 2.45) is 5.92 Å². The van der Waals surface area contributed by atoms with Crippen LogP contribution in [0.15, 0.2) is 97.1 Å². The van der Waals surface area contributed by atoms with Gasteiger partial charge in [-0.05, 0) is 47.7 Å². The Kier molecular flexibility index (Phi) is 7.88. The molecule has 5 rings (SSSR count). The summed E-state index contributed by atoms with van der Waals surface area (Å²) in [6.45, 7) is 0.832. The maximum absolute atomic E-state index is 11.8. The zero-order valence-corrected chi connectivity index (χ0v) is 21.7. The average molecular weight is 509 g/mol. The molecule has 6 heteroatoms. The first kappa shape index (κ1) is 25.3. The maximum Gasteiger partial charge on any atom is 0.308 e. The lowest BCUT2D eigenvalue weighted by atomic mass is 9.79. The van der Waals surface area contributed by atoms with Gasteiger partial charge in [-0.15, -0.1) is 0 Å².